The fourth-order valence-corrected chi connectivity index (χ4v) is 1.98. The van der Waals surface area contributed by atoms with E-state index in [9.17, 15) is 5.11 Å². The molecule has 0 radical (unpaired) electrons. The van der Waals surface area contributed by atoms with Crippen LogP contribution in [0.25, 0.3) is 0 Å². The number of halogens is 1. The Hall–Kier alpha value is -1.22. The van der Waals surface area contributed by atoms with Crippen molar-refractivity contribution in [3.05, 3.63) is 28.3 Å². The summed E-state index contributed by atoms with van der Waals surface area (Å²) >= 11 is 8.23. The monoisotopic (exact) mass is 409 g/mol. The molecule has 144 valence electrons. The number of ether oxygens (including phenoxy) is 1. The SMILES string of the molecule is Cc1c(COC(=S)N(C)C)cc(CN(C)C)c(O)c1C.Cl.NC(=O)S. The van der Waals surface area contributed by atoms with E-state index in [4.69, 9.17) is 21.7 Å². The molecule has 1 rings (SSSR count). The second kappa shape index (κ2) is 12.2. The van der Waals surface area contributed by atoms with Gasteiger partial charge < -0.3 is 25.4 Å². The molecule has 9 heteroatoms. The van der Waals surface area contributed by atoms with Crippen LogP contribution in [0.15, 0.2) is 6.07 Å². The summed E-state index contributed by atoms with van der Waals surface area (Å²) in [7, 11) is 7.67. The molecule has 6 nitrogen and oxygen atoms in total. The number of aromatic hydroxyl groups is 1. The zero-order valence-corrected chi connectivity index (χ0v) is 18.0. The average molecular weight is 410 g/mol. The van der Waals surface area contributed by atoms with Gasteiger partial charge in [0.05, 0.1) is 0 Å². The van der Waals surface area contributed by atoms with E-state index in [0.717, 1.165) is 22.3 Å². The molecule has 0 saturated carbocycles. The lowest BCUT2D eigenvalue weighted by Crippen LogP contribution is -2.22. The van der Waals surface area contributed by atoms with Crippen molar-refractivity contribution in [1.82, 2.24) is 9.80 Å². The van der Waals surface area contributed by atoms with E-state index < -0.39 is 5.24 Å². The predicted molar refractivity (Wildman–Crippen MR) is 112 cm³/mol. The van der Waals surface area contributed by atoms with E-state index in [-0.39, 0.29) is 12.4 Å². The lowest BCUT2D eigenvalue weighted by atomic mass is 9.98. The van der Waals surface area contributed by atoms with Crippen LogP contribution in [0.2, 0.25) is 0 Å². The Kier molecular flexibility index (Phi) is 12.7. The van der Waals surface area contributed by atoms with Gasteiger partial charge in [0.15, 0.2) is 0 Å². The van der Waals surface area contributed by atoms with Crippen LogP contribution in [0, 0.1) is 13.8 Å². The Labute approximate surface area is 167 Å². The van der Waals surface area contributed by atoms with Gasteiger partial charge in [0.1, 0.15) is 12.4 Å². The summed E-state index contributed by atoms with van der Waals surface area (Å²) in [4.78, 5) is 12.9. The van der Waals surface area contributed by atoms with Crippen molar-refractivity contribution in [1.29, 1.82) is 0 Å². The Morgan fingerprint density at radius 1 is 1.24 bits per heavy atom. The Morgan fingerprint density at radius 2 is 1.72 bits per heavy atom. The number of rotatable bonds is 4. The number of thiocarbonyl (C=S) groups is 1. The second-order valence-electron chi connectivity index (χ2n) is 5.82. The van der Waals surface area contributed by atoms with Gasteiger partial charge in [-0.3, -0.25) is 4.79 Å². The molecule has 0 heterocycles. The molecule has 1 amide bonds. The Morgan fingerprint density at radius 3 is 2.12 bits per heavy atom. The number of nitrogens with zero attached hydrogens (tertiary/aromatic N) is 2. The summed E-state index contributed by atoms with van der Waals surface area (Å²) in [6.45, 7) is 5.03. The molecule has 0 aliphatic rings. The second-order valence-corrected chi connectivity index (χ2v) is 6.61. The molecule has 0 unspecified atom stereocenters. The summed E-state index contributed by atoms with van der Waals surface area (Å²) < 4.78 is 5.59. The maximum atomic E-state index is 10.2. The standard InChI is InChI=1S/C15H24N2O2S.CH3NOS.ClH/c1-10-11(2)14(18)12(8-16(3)4)7-13(10)9-19-15(20)17(5)6;2-1(3)4;/h7,18H,8-9H2,1-6H3;(H3,2,3,4);1H. The van der Waals surface area contributed by atoms with Gasteiger partial charge in [0, 0.05) is 26.2 Å². The van der Waals surface area contributed by atoms with Crippen molar-refractivity contribution in [2.45, 2.75) is 27.0 Å². The van der Waals surface area contributed by atoms with Gasteiger partial charge in [0.25, 0.3) is 10.4 Å². The number of amides is 1. The number of carbonyl (C=O) groups excluding carboxylic acids is 1. The lowest BCUT2D eigenvalue weighted by molar-refractivity contribution is 0.256. The highest BCUT2D eigenvalue weighted by molar-refractivity contribution is 7.96. The predicted octanol–water partition coefficient (Wildman–Crippen LogP) is 2.85. The molecule has 1 aromatic rings. The van der Waals surface area contributed by atoms with Crippen molar-refractivity contribution < 1.29 is 14.6 Å². The molecule has 3 N–H and O–H groups in total. The zero-order chi connectivity index (χ0) is 19.0. The highest BCUT2D eigenvalue weighted by Crippen LogP contribution is 2.29. The maximum absolute atomic E-state index is 10.2. The van der Waals surface area contributed by atoms with Crippen LogP contribution in [0.3, 0.4) is 0 Å². The average Bonchev–Trinajstić information content (AvgIpc) is 2.45. The maximum Gasteiger partial charge on any atom is 0.273 e. The van der Waals surface area contributed by atoms with E-state index in [2.05, 4.69) is 18.4 Å². The van der Waals surface area contributed by atoms with E-state index in [1.165, 1.54) is 0 Å². The molecular weight excluding hydrogens is 382 g/mol. The van der Waals surface area contributed by atoms with E-state index in [0.29, 0.717) is 24.1 Å². The number of nitrogens with two attached hydrogens (primary N) is 1. The quantitative estimate of drug-likeness (QED) is 0.524. The molecule has 0 aliphatic heterocycles. The van der Waals surface area contributed by atoms with Crippen LogP contribution in [0.5, 0.6) is 5.75 Å². The highest BCUT2D eigenvalue weighted by Gasteiger charge is 2.13. The van der Waals surface area contributed by atoms with Crippen LogP contribution in [-0.2, 0) is 17.9 Å². The number of phenolic OH excluding ortho intramolecular Hbond substituents is 1. The molecule has 0 fully saturated rings. The minimum atomic E-state index is -0.639. The van der Waals surface area contributed by atoms with Gasteiger partial charge in [-0.15, -0.1) is 12.4 Å². The molecule has 0 aliphatic carbocycles. The van der Waals surface area contributed by atoms with Gasteiger partial charge >= 0.3 is 0 Å². The molecule has 25 heavy (non-hydrogen) atoms. The molecule has 0 spiro atoms. The minimum Gasteiger partial charge on any atom is -0.507 e. The van der Waals surface area contributed by atoms with E-state index in [1.807, 2.05) is 53.0 Å². The molecule has 1 aromatic carbocycles. The van der Waals surface area contributed by atoms with Crippen molar-refractivity contribution in [2.24, 2.45) is 5.73 Å². The first kappa shape index (κ1) is 26.0. The number of benzene rings is 1. The largest absolute Gasteiger partial charge is 0.507 e. The normalized spacial score (nSPS) is 9.60. The van der Waals surface area contributed by atoms with Crippen molar-refractivity contribution in [3.63, 3.8) is 0 Å². The number of thiol groups is 1. The fourth-order valence-electron chi connectivity index (χ4n) is 1.93. The van der Waals surface area contributed by atoms with Gasteiger partial charge in [-0.1, -0.05) is 12.6 Å². The summed E-state index contributed by atoms with van der Waals surface area (Å²) in [6, 6.07) is 2.00. The molecule has 0 aromatic heterocycles. The first-order valence-corrected chi connectivity index (χ1v) is 8.11. The Balaban J connectivity index is 0. The van der Waals surface area contributed by atoms with Crippen LogP contribution >= 0.6 is 37.3 Å². The van der Waals surface area contributed by atoms with Crippen molar-refractivity contribution in [2.75, 3.05) is 28.2 Å². The van der Waals surface area contributed by atoms with Crippen molar-refractivity contribution >= 4 is 47.7 Å². The number of carbonyl (C=O) groups is 1. The summed E-state index contributed by atoms with van der Waals surface area (Å²) in [6.07, 6.45) is 0. The van der Waals surface area contributed by atoms with Crippen molar-refractivity contribution in [3.8, 4) is 5.75 Å². The summed E-state index contributed by atoms with van der Waals surface area (Å²) in [5.74, 6) is 0.370. The summed E-state index contributed by atoms with van der Waals surface area (Å²) in [5, 5.41) is 10.0. The number of phenols is 1. The smallest absolute Gasteiger partial charge is 0.273 e. The molecular formula is C16H28ClN3O3S2. The lowest BCUT2D eigenvalue weighted by Gasteiger charge is -2.19. The molecule has 0 atom stereocenters. The zero-order valence-electron chi connectivity index (χ0n) is 15.5. The minimum absolute atomic E-state index is 0. The van der Waals surface area contributed by atoms with E-state index >= 15 is 0 Å². The number of hydrogen-bond acceptors (Lipinski definition) is 5. The third-order valence-corrected chi connectivity index (χ3v) is 3.74. The number of hydrogen-bond donors (Lipinski definition) is 3. The first-order valence-electron chi connectivity index (χ1n) is 7.25. The van der Waals surface area contributed by atoms with Gasteiger partial charge in [-0.25, -0.2) is 0 Å². The first-order chi connectivity index (χ1) is 11.0. The van der Waals surface area contributed by atoms with Gasteiger partial charge in [-0.05, 0) is 62.9 Å². The highest BCUT2D eigenvalue weighted by atomic mass is 35.5. The third-order valence-electron chi connectivity index (χ3n) is 3.25. The number of primary amides is 1. The molecule has 0 bridgehead atoms. The van der Waals surface area contributed by atoms with E-state index in [1.54, 1.807) is 4.90 Å². The Bertz CT molecular complexity index is 592. The van der Waals surface area contributed by atoms with Crippen LogP contribution < -0.4 is 5.73 Å². The summed E-state index contributed by atoms with van der Waals surface area (Å²) in [5.41, 5.74) is 8.25. The van der Waals surface area contributed by atoms with Gasteiger partial charge in [-0.2, -0.15) is 0 Å². The van der Waals surface area contributed by atoms with Gasteiger partial charge in [0.2, 0.25) is 0 Å². The fraction of sp³-hybridized carbons (Fsp3) is 0.500. The molecule has 0 saturated heterocycles. The van der Waals surface area contributed by atoms with Crippen LogP contribution in [-0.4, -0.2) is 53.5 Å². The topological polar surface area (TPSA) is 79.0 Å². The third kappa shape index (κ3) is 9.74. The van der Waals surface area contributed by atoms with Crippen LogP contribution in [0.4, 0.5) is 4.79 Å². The van der Waals surface area contributed by atoms with Crippen LogP contribution in [0.1, 0.15) is 22.3 Å².